The van der Waals surface area contributed by atoms with Crippen molar-refractivity contribution in [3.8, 4) is 0 Å². The number of halogens is 1. The van der Waals surface area contributed by atoms with Crippen LogP contribution in [-0.4, -0.2) is 59.9 Å². The van der Waals surface area contributed by atoms with E-state index in [1.165, 1.54) is 4.90 Å². The Morgan fingerprint density at radius 2 is 2.24 bits per heavy atom. The Labute approximate surface area is 121 Å². The van der Waals surface area contributed by atoms with E-state index in [2.05, 4.69) is 0 Å². The smallest absolute Gasteiger partial charge is 0.285 e. The van der Waals surface area contributed by atoms with Crippen LogP contribution in [0.15, 0.2) is 18.2 Å². The van der Waals surface area contributed by atoms with E-state index in [1.54, 1.807) is 0 Å². The first kappa shape index (κ1) is 15.3. The fourth-order valence-corrected chi connectivity index (χ4v) is 2.47. The molecule has 7 nitrogen and oxygen atoms in total. The summed E-state index contributed by atoms with van der Waals surface area (Å²) < 4.78 is 13.2. The third-order valence-electron chi connectivity index (χ3n) is 3.61. The van der Waals surface area contributed by atoms with Crippen molar-refractivity contribution in [1.82, 2.24) is 9.80 Å². The molecule has 114 valence electrons. The van der Waals surface area contributed by atoms with Crippen LogP contribution in [0.2, 0.25) is 0 Å². The second-order valence-electron chi connectivity index (χ2n) is 5.07. The van der Waals surface area contributed by atoms with Crippen LogP contribution in [0.1, 0.15) is 10.4 Å². The summed E-state index contributed by atoms with van der Waals surface area (Å²) in [5, 5.41) is 11.0. The van der Waals surface area contributed by atoms with E-state index in [0.717, 1.165) is 18.2 Å². The van der Waals surface area contributed by atoms with E-state index < -0.39 is 22.3 Å². The first-order valence-electron chi connectivity index (χ1n) is 6.57. The number of carbonyl (C=O) groups is 1. The van der Waals surface area contributed by atoms with E-state index in [9.17, 15) is 19.3 Å². The number of nitro groups is 1. The zero-order chi connectivity index (χ0) is 15.6. The average molecular weight is 296 g/mol. The van der Waals surface area contributed by atoms with Crippen LogP contribution in [0.4, 0.5) is 10.1 Å². The predicted octanol–water partition coefficient (Wildman–Crippen LogP) is 0.449. The minimum atomic E-state index is -0.746. The molecule has 1 heterocycles. The van der Waals surface area contributed by atoms with Gasteiger partial charge in [-0.3, -0.25) is 14.9 Å². The lowest BCUT2D eigenvalue weighted by molar-refractivity contribution is -0.385. The number of rotatable bonds is 3. The second-order valence-corrected chi connectivity index (χ2v) is 5.07. The lowest BCUT2D eigenvalue weighted by Gasteiger charge is -2.39. The minimum absolute atomic E-state index is 0.107. The summed E-state index contributed by atoms with van der Waals surface area (Å²) in [7, 11) is 1.92. The number of hydrogen-bond acceptors (Lipinski definition) is 5. The van der Waals surface area contributed by atoms with Crippen LogP contribution in [0.3, 0.4) is 0 Å². The van der Waals surface area contributed by atoms with Gasteiger partial charge < -0.3 is 15.5 Å². The fraction of sp³-hybridized carbons (Fsp3) is 0.462. The molecule has 1 aliphatic heterocycles. The molecule has 0 radical (unpaired) electrons. The first-order chi connectivity index (χ1) is 9.93. The number of hydrogen-bond donors (Lipinski definition) is 1. The van der Waals surface area contributed by atoms with Crippen molar-refractivity contribution in [2.45, 2.75) is 6.04 Å². The van der Waals surface area contributed by atoms with Crippen LogP contribution in [0, 0.1) is 15.9 Å². The third-order valence-corrected chi connectivity index (χ3v) is 3.61. The van der Waals surface area contributed by atoms with Gasteiger partial charge in [0, 0.05) is 26.2 Å². The molecule has 2 N–H and O–H groups in total. The Bertz CT molecular complexity index is 566. The average Bonchev–Trinajstić information content (AvgIpc) is 2.46. The summed E-state index contributed by atoms with van der Waals surface area (Å²) in [6.45, 7) is 1.98. The molecule has 0 saturated carbocycles. The number of piperazine rings is 1. The summed E-state index contributed by atoms with van der Waals surface area (Å²) in [5.41, 5.74) is 5.05. The summed E-state index contributed by atoms with van der Waals surface area (Å²) in [4.78, 5) is 26.4. The Morgan fingerprint density at radius 3 is 2.86 bits per heavy atom. The zero-order valence-electron chi connectivity index (χ0n) is 11.7. The Balaban J connectivity index is 2.33. The zero-order valence-corrected chi connectivity index (χ0v) is 11.7. The lowest BCUT2D eigenvalue weighted by atomic mass is 10.1. The van der Waals surface area contributed by atoms with Gasteiger partial charge >= 0.3 is 0 Å². The van der Waals surface area contributed by atoms with E-state index in [0.29, 0.717) is 19.6 Å². The molecule has 0 bridgehead atoms. The van der Waals surface area contributed by atoms with Gasteiger partial charge in [0.1, 0.15) is 11.4 Å². The molecule has 1 amide bonds. The number of carbonyl (C=O) groups excluding carboxylic acids is 1. The number of nitro benzene ring substituents is 1. The van der Waals surface area contributed by atoms with Crippen molar-refractivity contribution < 1.29 is 14.1 Å². The molecule has 1 saturated heterocycles. The highest BCUT2D eigenvalue weighted by atomic mass is 19.1. The maximum atomic E-state index is 13.2. The normalized spacial score (nSPS) is 19.6. The predicted molar refractivity (Wildman–Crippen MR) is 74.4 cm³/mol. The topological polar surface area (TPSA) is 92.7 Å². The molecule has 0 aliphatic carbocycles. The van der Waals surface area contributed by atoms with Gasteiger partial charge in [0.2, 0.25) is 0 Å². The molecule has 1 unspecified atom stereocenters. The minimum Gasteiger partial charge on any atom is -0.332 e. The molecule has 0 aromatic heterocycles. The number of benzene rings is 1. The van der Waals surface area contributed by atoms with Crippen molar-refractivity contribution in [3.63, 3.8) is 0 Å². The summed E-state index contributed by atoms with van der Waals surface area (Å²) in [6.07, 6.45) is 0. The number of nitrogens with zero attached hydrogens (tertiary/aromatic N) is 3. The van der Waals surface area contributed by atoms with Crippen molar-refractivity contribution >= 4 is 11.6 Å². The highest BCUT2D eigenvalue weighted by Crippen LogP contribution is 2.23. The molecule has 0 spiro atoms. The van der Waals surface area contributed by atoms with Gasteiger partial charge in [0.15, 0.2) is 0 Å². The maximum absolute atomic E-state index is 13.2. The van der Waals surface area contributed by atoms with Gasteiger partial charge in [-0.1, -0.05) is 0 Å². The molecule has 1 atom stereocenters. The van der Waals surface area contributed by atoms with Crippen molar-refractivity contribution in [2.24, 2.45) is 5.73 Å². The van der Waals surface area contributed by atoms with E-state index in [4.69, 9.17) is 5.73 Å². The Morgan fingerprint density at radius 1 is 1.52 bits per heavy atom. The highest BCUT2D eigenvalue weighted by molar-refractivity contribution is 5.98. The molecule has 1 aliphatic rings. The van der Waals surface area contributed by atoms with Gasteiger partial charge in [-0.25, -0.2) is 4.39 Å². The number of amides is 1. The highest BCUT2D eigenvalue weighted by Gasteiger charge is 2.32. The second kappa shape index (κ2) is 6.15. The molecule has 8 heteroatoms. The fourth-order valence-electron chi connectivity index (χ4n) is 2.47. The molecular formula is C13H17FN4O3. The molecule has 2 rings (SSSR count). The van der Waals surface area contributed by atoms with Crippen LogP contribution in [0.25, 0.3) is 0 Å². The van der Waals surface area contributed by atoms with Gasteiger partial charge in [0.25, 0.3) is 11.6 Å². The Kier molecular flexibility index (Phi) is 4.49. The maximum Gasteiger partial charge on any atom is 0.285 e. The third kappa shape index (κ3) is 3.17. The molecular weight excluding hydrogens is 279 g/mol. The van der Waals surface area contributed by atoms with Crippen LogP contribution in [0.5, 0.6) is 0 Å². The monoisotopic (exact) mass is 296 g/mol. The van der Waals surface area contributed by atoms with Crippen molar-refractivity contribution in [3.05, 3.63) is 39.7 Å². The van der Waals surface area contributed by atoms with Crippen LogP contribution < -0.4 is 5.73 Å². The van der Waals surface area contributed by atoms with Crippen LogP contribution in [-0.2, 0) is 0 Å². The standard InChI is InChI=1S/C13H17FN4O3/c1-16-4-5-17(10(7-15)8-16)13(19)11-3-2-9(14)6-12(11)18(20)21/h2-3,6,10H,4-5,7-8,15H2,1H3. The van der Waals surface area contributed by atoms with E-state index in [1.807, 2.05) is 11.9 Å². The van der Waals surface area contributed by atoms with Crippen molar-refractivity contribution in [2.75, 3.05) is 33.2 Å². The van der Waals surface area contributed by atoms with Gasteiger partial charge in [-0.05, 0) is 19.2 Å². The SMILES string of the molecule is CN1CCN(C(=O)c2ccc(F)cc2[N+](=O)[O-])C(CN)C1. The number of likely N-dealkylation sites (N-methyl/N-ethyl adjacent to an activating group) is 1. The molecule has 1 fully saturated rings. The largest absolute Gasteiger partial charge is 0.332 e. The summed E-state index contributed by atoms with van der Waals surface area (Å²) in [6, 6.07) is 2.76. The molecule has 1 aromatic carbocycles. The van der Waals surface area contributed by atoms with Gasteiger partial charge in [0.05, 0.1) is 17.0 Å². The Hall–Kier alpha value is -2.06. The first-order valence-corrected chi connectivity index (χ1v) is 6.57. The van der Waals surface area contributed by atoms with Crippen LogP contribution >= 0.6 is 0 Å². The van der Waals surface area contributed by atoms with E-state index in [-0.39, 0.29) is 18.2 Å². The van der Waals surface area contributed by atoms with Gasteiger partial charge in [-0.15, -0.1) is 0 Å². The molecule has 1 aromatic rings. The quantitative estimate of drug-likeness (QED) is 0.645. The van der Waals surface area contributed by atoms with Crippen molar-refractivity contribution in [1.29, 1.82) is 0 Å². The summed E-state index contributed by atoms with van der Waals surface area (Å²) in [5.74, 6) is -1.22. The number of nitrogens with two attached hydrogens (primary N) is 1. The van der Waals surface area contributed by atoms with Gasteiger partial charge in [-0.2, -0.15) is 0 Å². The van der Waals surface area contributed by atoms with E-state index >= 15 is 0 Å². The molecule has 21 heavy (non-hydrogen) atoms. The lowest BCUT2D eigenvalue weighted by Crippen LogP contribution is -2.56. The summed E-state index contributed by atoms with van der Waals surface area (Å²) >= 11 is 0.